The van der Waals surface area contributed by atoms with Gasteiger partial charge in [-0.05, 0) is 41.8 Å². The van der Waals surface area contributed by atoms with Gasteiger partial charge in [0.1, 0.15) is 19.0 Å². The molecule has 10 nitrogen and oxygen atoms in total. The third kappa shape index (κ3) is 6.19. The van der Waals surface area contributed by atoms with Crippen LogP contribution < -0.4 is 5.32 Å². The van der Waals surface area contributed by atoms with E-state index in [1.807, 2.05) is 67.7 Å². The summed E-state index contributed by atoms with van der Waals surface area (Å²) in [5.41, 5.74) is 4.14. The number of para-hydroxylation sites is 1. The van der Waals surface area contributed by atoms with Crippen molar-refractivity contribution in [3.63, 3.8) is 0 Å². The van der Waals surface area contributed by atoms with Crippen molar-refractivity contribution in [1.82, 2.24) is 19.9 Å². The molecule has 40 heavy (non-hydrogen) atoms. The molecule has 204 valence electrons. The van der Waals surface area contributed by atoms with Crippen LogP contribution in [0.1, 0.15) is 35.2 Å². The van der Waals surface area contributed by atoms with Gasteiger partial charge in [-0.15, -0.1) is 5.06 Å². The van der Waals surface area contributed by atoms with Crippen molar-refractivity contribution in [3.05, 3.63) is 101 Å². The maximum absolute atomic E-state index is 13.0. The van der Waals surface area contributed by atoms with Gasteiger partial charge in [0.2, 0.25) is 11.8 Å². The van der Waals surface area contributed by atoms with Gasteiger partial charge in [0.05, 0.1) is 12.6 Å². The molecule has 10 heteroatoms. The van der Waals surface area contributed by atoms with Crippen LogP contribution in [0.4, 0.5) is 10.6 Å². The number of aromatic nitrogens is 2. The Morgan fingerprint density at radius 1 is 1.12 bits per heavy atom. The summed E-state index contributed by atoms with van der Waals surface area (Å²) in [5.74, 6) is -0.192. The van der Waals surface area contributed by atoms with E-state index in [1.165, 1.54) is 11.1 Å². The number of ether oxygens (including phenoxy) is 1. The molecule has 2 aromatic heterocycles. The number of hydroxylamine groups is 2. The van der Waals surface area contributed by atoms with Crippen molar-refractivity contribution in [2.45, 2.75) is 26.1 Å². The lowest BCUT2D eigenvalue weighted by Crippen LogP contribution is -2.32. The van der Waals surface area contributed by atoms with E-state index in [2.05, 4.69) is 15.3 Å². The Bertz CT molecular complexity index is 1570. The second-order valence-corrected chi connectivity index (χ2v) is 9.49. The minimum atomic E-state index is -0.915. The maximum Gasteiger partial charge on any atom is 0.528 e. The number of hydrogen-bond acceptors (Lipinski definition) is 7. The fourth-order valence-corrected chi connectivity index (χ4v) is 4.47. The predicted molar refractivity (Wildman–Crippen MR) is 150 cm³/mol. The maximum atomic E-state index is 13.0. The number of aromatic amines is 1. The highest BCUT2D eigenvalue weighted by Crippen LogP contribution is 2.27. The van der Waals surface area contributed by atoms with Crippen molar-refractivity contribution in [2.24, 2.45) is 0 Å². The standard InChI is InChI=1S/C30H29N5O5/c1-20(25-16-31-26-11-7-6-10-24(25)26)34(2)28(37)13-12-22-14-23-17-35(18-27(36)33-29(23)32-15-22)40-30(38)39-19-21-8-4-3-5-9-21/h3-16,20,31H,17-19H2,1-2H3,(H,32,33,36)/b13-12+. The summed E-state index contributed by atoms with van der Waals surface area (Å²) in [6.07, 6.45) is 5.73. The molecule has 0 saturated carbocycles. The number of nitrogens with one attached hydrogen (secondary N) is 2. The Labute approximate surface area is 231 Å². The minimum Gasteiger partial charge on any atom is -0.428 e. The molecule has 1 unspecified atom stereocenters. The van der Waals surface area contributed by atoms with E-state index in [0.717, 1.165) is 22.0 Å². The van der Waals surface area contributed by atoms with Crippen molar-refractivity contribution in [3.8, 4) is 0 Å². The Balaban J connectivity index is 1.23. The highest BCUT2D eigenvalue weighted by Gasteiger charge is 2.24. The van der Waals surface area contributed by atoms with E-state index in [0.29, 0.717) is 16.9 Å². The highest BCUT2D eigenvalue weighted by molar-refractivity contribution is 5.94. The normalized spacial score (nSPS) is 14.3. The zero-order valence-electron chi connectivity index (χ0n) is 22.2. The lowest BCUT2D eigenvalue weighted by Gasteiger charge is -2.23. The summed E-state index contributed by atoms with van der Waals surface area (Å²) in [7, 11) is 1.76. The number of nitrogens with zero attached hydrogens (tertiary/aromatic N) is 3. The molecule has 1 aliphatic heterocycles. The van der Waals surface area contributed by atoms with Crippen molar-refractivity contribution < 1.29 is 24.0 Å². The smallest absolute Gasteiger partial charge is 0.428 e. The molecule has 2 amide bonds. The quantitative estimate of drug-likeness (QED) is 0.256. The molecule has 0 saturated heterocycles. The first-order valence-electron chi connectivity index (χ1n) is 12.8. The van der Waals surface area contributed by atoms with Gasteiger partial charge in [0, 0.05) is 42.0 Å². The van der Waals surface area contributed by atoms with E-state index in [4.69, 9.17) is 9.57 Å². The van der Waals surface area contributed by atoms with Crippen molar-refractivity contribution in [1.29, 1.82) is 0 Å². The molecule has 0 radical (unpaired) electrons. The van der Waals surface area contributed by atoms with Crippen LogP contribution >= 0.6 is 0 Å². The minimum absolute atomic E-state index is 0.0498. The molecule has 2 aromatic carbocycles. The van der Waals surface area contributed by atoms with Crippen molar-refractivity contribution >= 4 is 40.8 Å². The number of amides is 2. The van der Waals surface area contributed by atoms with E-state index in [-0.39, 0.29) is 37.6 Å². The summed E-state index contributed by atoms with van der Waals surface area (Å²) in [6.45, 7) is 1.95. The number of rotatable bonds is 7. The van der Waals surface area contributed by atoms with Crippen LogP contribution in [0.25, 0.3) is 17.0 Å². The molecule has 4 aromatic rings. The average Bonchev–Trinajstić information content (AvgIpc) is 3.32. The SMILES string of the molecule is CC(c1c[nH]c2ccccc12)N(C)C(=O)/C=C/c1cnc2c(c1)CN(OC(=O)OCc1ccccc1)CC(=O)N2. The third-order valence-corrected chi connectivity index (χ3v) is 6.73. The zero-order chi connectivity index (χ0) is 28.1. The van der Waals surface area contributed by atoms with Gasteiger partial charge < -0.3 is 24.8 Å². The molecule has 1 atom stereocenters. The van der Waals surface area contributed by atoms with E-state index >= 15 is 0 Å². The molecule has 3 heterocycles. The van der Waals surface area contributed by atoms with Gasteiger partial charge in [-0.1, -0.05) is 48.5 Å². The first-order valence-corrected chi connectivity index (χ1v) is 12.8. The fraction of sp³-hybridized carbons (Fsp3) is 0.200. The number of H-pyrrole nitrogens is 1. The summed E-state index contributed by atoms with van der Waals surface area (Å²) >= 11 is 0. The monoisotopic (exact) mass is 539 g/mol. The molecular weight excluding hydrogens is 510 g/mol. The molecular formula is C30H29N5O5. The van der Waals surface area contributed by atoms with Gasteiger partial charge in [-0.25, -0.2) is 9.78 Å². The average molecular weight is 540 g/mol. The van der Waals surface area contributed by atoms with Gasteiger partial charge in [-0.3, -0.25) is 9.59 Å². The fourth-order valence-electron chi connectivity index (χ4n) is 4.47. The Morgan fingerprint density at radius 3 is 2.73 bits per heavy atom. The van der Waals surface area contributed by atoms with Crippen LogP contribution in [0, 0.1) is 0 Å². The molecule has 1 aliphatic rings. The molecule has 2 N–H and O–H groups in total. The third-order valence-electron chi connectivity index (χ3n) is 6.73. The number of benzene rings is 2. The molecule has 0 aliphatic carbocycles. The van der Waals surface area contributed by atoms with Gasteiger partial charge in [-0.2, -0.15) is 0 Å². The number of anilines is 1. The Kier molecular flexibility index (Phi) is 7.88. The second kappa shape index (κ2) is 11.8. The number of fused-ring (bicyclic) bond motifs is 2. The molecule has 0 bridgehead atoms. The number of likely N-dealkylation sites (N-methyl/N-ethyl adjacent to an activating group) is 1. The van der Waals surface area contributed by atoms with Gasteiger partial charge in [0.25, 0.3) is 0 Å². The van der Waals surface area contributed by atoms with E-state index in [9.17, 15) is 14.4 Å². The van der Waals surface area contributed by atoms with Crippen LogP contribution in [-0.2, 0) is 32.3 Å². The Hall–Kier alpha value is -4.96. The largest absolute Gasteiger partial charge is 0.528 e. The zero-order valence-corrected chi connectivity index (χ0v) is 22.2. The van der Waals surface area contributed by atoms with Crippen LogP contribution in [0.2, 0.25) is 0 Å². The number of pyridine rings is 1. The summed E-state index contributed by atoms with van der Waals surface area (Å²) in [4.78, 5) is 52.1. The van der Waals surface area contributed by atoms with E-state index < -0.39 is 6.16 Å². The van der Waals surface area contributed by atoms with Crippen LogP contribution in [-0.4, -0.2) is 51.5 Å². The van der Waals surface area contributed by atoms with E-state index in [1.54, 1.807) is 30.3 Å². The summed E-state index contributed by atoms with van der Waals surface area (Å²) < 4.78 is 5.17. The number of carbonyl (C=O) groups excluding carboxylic acids is 3. The van der Waals surface area contributed by atoms with Gasteiger partial charge >= 0.3 is 6.16 Å². The van der Waals surface area contributed by atoms with Gasteiger partial charge in [0.15, 0.2) is 0 Å². The van der Waals surface area contributed by atoms with Crippen LogP contribution in [0.3, 0.4) is 0 Å². The topological polar surface area (TPSA) is 117 Å². The number of hydrogen-bond donors (Lipinski definition) is 2. The lowest BCUT2D eigenvalue weighted by molar-refractivity contribution is -0.147. The molecule has 0 spiro atoms. The second-order valence-electron chi connectivity index (χ2n) is 9.49. The first kappa shape index (κ1) is 26.6. The highest BCUT2D eigenvalue weighted by atomic mass is 16.8. The summed E-state index contributed by atoms with van der Waals surface area (Å²) in [5, 5.41) is 5.00. The van der Waals surface area contributed by atoms with Crippen LogP contribution in [0.15, 0.2) is 79.1 Å². The molecule has 5 rings (SSSR count). The number of carbonyl (C=O) groups is 3. The lowest BCUT2D eigenvalue weighted by atomic mass is 10.1. The Morgan fingerprint density at radius 2 is 1.90 bits per heavy atom. The first-order chi connectivity index (χ1) is 19.4. The molecule has 0 fully saturated rings. The summed E-state index contributed by atoms with van der Waals surface area (Å²) in [6, 6.07) is 18.8. The van der Waals surface area contributed by atoms with Crippen LogP contribution in [0.5, 0.6) is 0 Å². The predicted octanol–water partition coefficient (Wildman–Crippen LogP) is 4.82. The van der Waals surface area contributed by atoms with Crippen molar-refractivity contribution in [2.75, 3.05) is 18.9 Å².